The van der Waals surface area contributed by atoms with Crippen molar-refractivity contribution in [2.45, 2.75) is 58.3 Å². The van der Waals surface area contributed by atoms with Gasteiger partial charge in [0, 0.05) is 18.0 Å². The molecule has 0 spiro atoms. The lowest BCUT2D eigenvalue weighted by Gasteiger charge is -2.28. The molecule has 2 heteroatoms. The molecule has 2 nitrogen and oxygen atoms in total. The molecule has 3 rings (SSSR count). The van der Waals surface area contributed by atoms with Gasteiger partial charge in [-0.1, -0.05) is 38.3 Å². The maximum atomic E-state index is 4.29. The molecular formula is C22H26N2. The average Bonchev–Trinajstić information content (AvgIpc) is 2.67. The first-order valence-electron chi connectivity index (χ1n) is 9.21. The predicted molar refractivity (Wildman–Crippen MR) is 98.8 cm³/mol. The van der Waals surface area contributed by atoms with Crippen LogP contribution in [0.15, 0.2) is 36.7 Å². The third-order valence-corrected chi connectivity index (χ3v) is 5.24. The molecule has 24 heavy (non-hydrogen) atoms. The fraction of sp³-hybridized carbons (Fsp3) is 0.455. The van der Waals surface area contributed by atoms with Gasteiger partial charge in [0.1, 0.15) is 0 Å². The molecule has 1 fully saturated rings. The van der Waals surface area contributed by atoms with E-state index in [0.717, 1.165) is 29.4 Å². The number of hydrogen-bond donors (Lipinski definition) is 0. The van der Waals surface area contributed by atoms with Gasteiger partial charge in [-0.2, -0.15) is 0 Å². The van der Waals surface area contributed by atoms with Crippen molar-refractivity contribution in [3.05, 3.63) is 59.2 Å². The normalized spacial score (nSPS) is 20.2. The van der Waals surface area contributed by atoms with Crippen molar-refractivity contribution in [2.24, 2.45) is 5.92 Å². The first-order chi connectivity index (χ1) is 11.8. The molecule has 0 bridgehead atoms. The van der Waals surface area contributed by atoms with Crippen molar-refractivity contribution >= 4 is 0 Å². The van der Waals surface area contributed by atoms with Crippen LogP contribution in [0.4, 0.5) is 0 Å². The quantitative estimate of drug-likeness (QED) is 0.734. The summed E-state index contributed by atoms with van der Waals surface area (Å²) < 4.78 is 0. The SMILES string of the molecule is CCc1cnc(C#Cc2ccc([C@H]3CC[C@H](CC)CC3)cc2)nc1. The van der Waals surface area contributed by atoms with Crippen LogP contribution in [0, 0.1) is 17.8 Å². The summed E-state index contributed by atoms with van der Waals surface area (Å²) in [6, 6.07) is 8.77. The number of benzene rings is 1. The summed E-state index contributed by atoms with van der Waals surface area (Å²) >= 11 is 0. The van der Waals surface area contributed by atoms with E-state index in [4.69, 9.17) is 0 Å². The monoisotopic (exact) mass is 318 g/mol. The molecule has 2 aromatic rings. The zero-order chi connectivity index (χ0) is 16.8. The van der Waals surface area contributed by atoms with Crippen molar-refractivity contribution in [1.29, 1.82) is 0 Å². The van der Waals surface area contributed by atoms with Crippen molar-refractivity contribution in [1.82, 2.24) is 9.97 Å². The Morgan fingerprint density at radius 3 is 2.17 bits per heavy atom. The highest BCUT2D eigenvalue weighted by Gasteiger charge is 2.20. The standard InChI is InChI=1S/C22H26N2/c1-3-17-5-10-20(11-6-17)21-12-7-19(8-13-21)9-14-22-23-15-18(4-2)16-24-22/h7-8,12-13,15-17,20H,3-6,10-11H2,1-2H3/t17-,20-. The van der Waals surface area contributed by atoms with Crippen molar-refractivity contribution in [3.8, 4) is 11.8 Å². The molecule has 0 saturated heterocycles. The second kappa shape index (κ2) is 8.11. The van der Waals surface area contributed by atoms with E-state index in [1.165, 1.54) is 37.7 Å². The molecule has 0 radical (unpaired) electrons. The minimum Gasteiger partial charge on any atom is -0.229 e. The number of aromatic nitrogens is 2. The van der Waals surface area contributed by atoms with Crippen LogP contribution in [-0.2, 0) is 6.42 Å². The maximum Gasteiger partial charge on any atom is 0.205 e. The number of nitrogens with zero attached hydrogens (tertiary/aromatic N) is 2. The zero-order valence-corrected chi connectivity index (χ0v) is 14.8. The minimum atomic E-state index is 0.592. The molecule has 1 aromatic carbocycles. The lowest BCUT2D eigenvalue weighted by atomic mass is 9.78. The Morgan fingerprint density at radius 2 is 1.58 bits per heavy atom. The van der Waals surface area contributed by atoms with E-state index < -0.39 is 0 Å². The van der Waals surface area contributed by atoms with E-state index in [0.29, 0.717) is 5.82 Å². The van der Waals surface area contributed by atoms with Gasteiger partial charge >= 0.3 is 0 Å². The fourth-order valence-corrected chi connectivity index (χ4v) is 3.47. The molecule has 0 amide bonds. The molecule has 0 atom stereocenters. The summed E-state index contributed by atoms with van der Waals surface area (Å²) in [5, 5.41) is 0. The Kier molecular flexibility index (Phi) is 5.64. The lowest BCUT2D eigenvalue weighted by Crippen LogP contribution is -2.12. The van der Waals surface area contributed by atoms with Crippen molar-refractivity contribution < 1.29 is 0 Å². The summed E-state index contributed by atoms with van der Waals surface area (Å²) in [6.45, 7) is 4.41. The maximum absolute atomic E-state index is 4.29. The molecule has 1 aliphatic carbocycles. The smallest absolute Gasteiger partial charge is 0.205 e. The molecule has 1 aliphatic rings. The van der Waals surface area contributed by atoms with Crippen LogP contribution in [0.5, 0.6) is 0 Å². The lowest BCUT2D eigenvalue weighted by molar-refractivity contribution is 0.319. The van der Waals surface area contributed by atoms with Gasteiger partial charge < -0.3 is 0 Å². The fourth-order valence-electron chi connectivity index (χ4n) is 3.47. The molecule has 1 heterocycles. The third-order valence-electron chi connectivity index (χ3n) is 5.24. The molecule has 0 unspecified atom stereocenters. The van der Waals surface area contributed by atoms with E-state index in [-0.39, 0.29) is 0 Å². The summed E-state index contributed by atoms with van der Waals surface area (Å²) in [7, 11) is 0. The molecule has 124 valence electrons. The highest BCUT2D eigenvalue weighted by Crippen LogP contribution is 2.36. The Balaban J connectivity index is 1.63. The summed E-state index contributed by atoms with van der Waals surface area (Å²) in [4.78, 5) is 8.57. The second-order valence-corrected chi connectivity index (χ2v) is 6.77. The molecule has 1 saturated carbocycles. The Morgan fingerprint density at radius 1 is 0.917 bits per heavy atom. The Bertz CT molecular complexity index is 696. The largest absolute Gasteiger partial charge is 0.229 e. The van der Waals surface area contributed by atoms with Crippen LogP contribution in [0.3, 0.4) is 0 Å². The van der Waals surface area contributed by atoms with E-state index >= 15 is 0 Å². The van der Waals surface area contributed by atoms with E-state index in [1.54, 1.807) is 0 Å². The third kappa shape index (κ3) is 4.23. The Hall–Kier alpha value is -2.14. The van der Waals surface area contributed by atoms with Gasteiger partial charge in [-0.25, -0.2) is 9.97 Å². The van der Waals surface area contributed by atoms with Gasteiger partial charge in [0.2, 0.25) is 5.82 Å². The van der Waals surface area contributed by atoms with Gasteiger partial charge in [0.25, 0.3) is 0 Å². The van der Waals surface area contributed by atoms with Crippen LogP contribution in [0.25, 0.3) is 0 Å². The van der Waals surface area contributed by atoms with Crippen LogP contribution in [0.2, 0.25) is 0 Å². The van der Waals surface area contributed by atoms with Gasteiger partial charge in [0.05, 0.1) is 0 Å². The highest BCUT2D eigenvalue weighted by molar-refractivity contribution is 5.40. The van der Waals surface area contributed by atoms with Gasteiger partial charge in [-0.05, 0) is 73.1 Å². The highest BCUT2D eigenvalue weighted by atomic mass is 14.8. The van der Waals surface area contributed by atoms with Crippen molar-refractivity contribution in [3.63, 3.8) is 0 Å². The topological polar surface area (TPSA) is 25.8 Å². The van der Waals surface area contributed by atoms with E-state index in [9.17, 15) is 0 Å². The van der Waals surface area contributed by atoms with E-state index in [2.05, 4.69) is 59.9 Å². The van der Waals surface area contributed by atoms with Gasteiger partial charge in [-0.3, -0.25) is 0 Å². The first-order valence-corrected chi connectivity index (χ1v) is 9.21. The summed E-state index contributed by atoms with van der Waals surface area (Å²) in [5.74, 6) is 8.50. The summed E-state index contributed by atoms with van der Waals surface area (Å²) in [6.07, 6.45) is 11.4. The molecule has 1 aromatic heterocycles. The van der Waals surface area contributed by atoms with Gasteiger partial charge in [0.15, 0.2) is 0 Å². The first kappa shape index (κ1) is 16.7. The number of hydrogen-bond acceptors (Lipinski definition) is 2. The minimum absolute atomic E-state index is 0.592. The summed E-state index contributed by atoms with van der Waals surface area (Å²) in [5.41, 5.74) is 3.64. The molecular weight excluding hydrogens is 292 g/mol. The Labute approximate surface area is 145 Å². The van der Waals surface area contributed by atoms with Crippen LogP contribution < -0.4 is 0 Å². The molecule has 0 N–H and O–H groups in total. The zero-order valence-electron chi connectivity index (χ0n) is 14.8. The van der Waals surface area contributed by atoms with Crippen molar-refractivity contribution in [2.75, 3.05) is 0 Å². The van der Waals surface area contributed by atoms with E-state index in [1.807, 2.05) is 12.4 Å². The van der Waals surface area contributed by atoms with Crippen LogP contribution >= 0.6 is 0 Å². The number of rotatable bonds is 3. The van der Waals surface area contributed by atoms with Crippen LogP contribution in [0.1, 0.15) is 74.4 Å². The average molecular weight is 318 g/mol. The predicted octanol–water partition coefficient (Wildman–Crippen LogP) is 5.12. The number of aryl methyl sites for hydroxylation is 1. The molecule has 0 aliphatic heterocycles. The van der Waals surface area contributed by atoms with Gasteiger partial charge in [-0.15, -0.1) is 0 Å². The van der Waals surface area contributed by atoms with Crippen LogP contribution in [-0.4, -0.2) is 9.97 Å². The second-order valence-electron chi connectivity index (χ2n) is 6.77.